The minimum atomic E-state index is -0.857. The Bertz CT molecular complexity index is 1660. The molecule has 3 aliphatic heterocycles. The van der Waals surface area contributed by atoms with Gasteiger partial charge in [-0.1, -0.05) is 91.0 Å². The monoisotopic (exact) mass is 663 g/mol. The first-order valence-corrected chi connectivity index (χ1v) is 17.7. The van der Waals surface area contributed by atoms with Crippen molar-refractivity contribution in [2.24, 2.45) is 11.8 Å². The maximum Gasteiger partial charge on any atom is 0.251 e. The van der Waals surface area contributed by atoms with Crippen molar-refractivity contribution in [3.63, 3.8) is 0 Å². The number of thioether (sulfide) groups is 1. The molecule has 2 unspecified atom stereocenters. The Hall–Kier alpha value is -4.14. The van der Waals surface area contributed by atoms with Gasteiger partial charge in [0.05, 0.1) is 29.2 Å². The topological polar surface area (TPSA) is 81.2 Å². The van der Waals surface area contributed by atoms with Gasteiger partial charge in [-0.2, -0.15) is 0 Å². The molecule has 0 radical (unpaired) electrons. The standard InChI is InChI=1S/C40H45N3O4S/c1-5-22-41(25-30-18-11-8-12-19-30)37(45)33-32-20-21-40(48-32)34(33)38(46)43(31(26-44)24-29-16-9-7-10-17-29)36(40)39(47)42(23-6-2)35-27(3)14-13-15-28(35)4/h5-19,31-34,36,44H,1-2,20-26H2,3-4H3/t31-,32-,33+,34+,36?,40?/m1/s1. The lowest BCUT2D eigenvalue weighted by atomic mass is 9.70. The molecule has 3 aromatic carbocycles. The molecule has 0 aromatic heterocycles. The molecule has 0 saturated carbocycles. The Kier molecular flexibility index (Phi) is 9.95. The van der Waals surface area contributed by atoms with Gasteiger partial charge in [-0.15, -0.1) is 24.9 Å². The van der Waals surface area contributed by atoms with Crippen molar-refractivity contribution in [1.29, 1.82) is 0 Å². The quantitative estimate of drug-likeness (QED) is 0.236. The van der Waals surface area contributed by atoms with Crippen LogP contribution < -0.4 is 4.90 Å². The second-order valence-corrected chi connectivity index (χ2v) is 14.9. The molecule has 6 rings (SSSR count). The number of aliphatic hydroxyl groups excluding tert-OH is 1. The molecule has 3 aliphatic rings. The van der Waals surface area contributed by atoms with E-state index in [1.54, 1.807) is 38.6 Å². The van der Waals surface area contributed by atoms with Crippen LogP contribution >= 0.6 is 11.8 Å². The highest BCUT2D eigenvalue weighted by molar-refractivity contribution is 8.02. The van der Waals surface area contributed by atoms with Crippen molar-refractivity contribution in [2.75, 3.05) is 24.6 Å². The number of hydrogen-bond donors (Lipinski definition) is 1. The number of carbonyl (C=O) groups is 3. The summed E-state index contributed by atoms with van der Waals surface area (Å²) in [5, 5.41) is 10.8. The van der Waals surface area contributed by atoms with E-state index in [1.807, 2.05) is 92.7 Å². The van der Waals surface area contributed by atoms with E-state index in [0.717, 1.165) is 34.4 Å². The summed E-state index contributed by atoms with van der Waals surface area (Å²) in [7, 11) is 0. The second kappa shape index (κ2) is 14.1. The van der Waals surface area contributed by atoms with E-state index in [1.165, 1.54) is 0 Å². The number of anilines is 1. The summed E-state index contributed by atoms with van der Waals surface area (Å²) in [4.78, 5) is 50.1. The fraction of sp³-hybridized carbons (Fsp3) is 0.375. The molecule has 1 N–H and O–H groups in total. The van der Waals surface area contributed by atoms with Crippen LogP contribution in [0.3, 0.4) is 0 Å². The first-order valence-electron chi connectivity index (χ1n) is 16.8. The first kappa shape index (κ1) is 33.7. The van der Waals surface area contributed by atoms with Crippen LogP contribution in [0.4, 0.5) is 5.69 Å². The van der Waals surface area contributed by atoms with Gasteiger partial charge in [0.1, 0.15) is 6.04 Å². The number of benzene rings is 3. The third-order valence-electron chi connectivity index (χ3n) is 10.3. The van der Waals surface area contributed by atoms with E-state index in [2.05, 4.69) is 13.2 Å². The van der Waals surface area contributed by atoms with Gasteiger partial charge in [-0.05, 0) is 55.4 Å². The van der Waals surface area contributed by atoms with Gasteiger partial charge in [0.2, 0.25) is 11.8 Å². The second-order valence-electron chi connectivity index (χ2n) is 13.3. The number of rotatable bonds is 13. The predicted molar refractivity (Wildman–Crippen MR) is 192 cm³/mol. The summed E-state index contributed by atoms with van der Waals surface area (Å²) in [6, 6.07) is 24.1. The summed E-state index contributed by atoms with van der Waals surface area (Å²) in [6.45, 7) is 12.6. The van der Waals surface area contributed by atoms with E-state index in [0.29, 0.717) is 25.9 Å². The van der Waals surface area contributed by atoms with E-state index in [-0.39, 0.29) is 36.1 Å². The van der Waals surface area contributed by atoms with E-state index < -0.39 is 28.7 Å². The number of likely N-dealkylation sites (tertiary alicyclic amines) is 1. The highest BCUT2D eigenvalue weighted by atomic mass is 32.2. The molecule has 3 aromatic rings. The van der Waals surface area contributed by atoms with Crippen LogP contribution in [0.25, 0.3) is 0 Å². The fourth-order valence-corrected chi connectivity index (χ4v) is 10.6. The number of hydrogen-bond acceptors (Lipinski definition) is 5. The number of aryl methyl sites for hydroxylation is 2. The number of nitrogens with zero attached hydrogens (tertiary/aromatic N) is 3. The van der Waals surface area contributed by atoms with Gasteiger partial charge < -0.3 is 19.8 Å². The first-order chi connectivity index (χ1) is 23.2. The van der Waals surface area contributed by atoms with Crippen molar-refractivity contribution in [2.45, 2.75) is 61.7 Å². The average Bonchev–Trinajstić information content (AvgIpc) is 3.74. The molecule has 3 saturated heterocycles. The molecule has 7 nitrogen and oxygen atoms in total. The molecular weight excluding hydrogens is 619 g/mol. The maximum absolute atomic E-state index is 15.2. The van der Waals surface area contributed by atoms with Crippen molar-refractivity contribution < 1.29 is 19.5 Å². The maximum atomic E-state index is 15.2. The Morgan fingerprint density at radius 2 is 1.56 bits per heavy atom. The van der Waals surface area contributed by atoms with Crippen LogP contribution in [-0.2, 0) is 27.3 Å². The zero-order valence-electron chi connectivity index (χ0n) is 27.8. The minimum absolute atomic E-state index is 0.0782. The normalized spacial score (nSPS) is 24.6. The average molecular weight is 664 g/mol. The molecule has 3 fully saturated rings. The Morgan fingerprint density at radius 1 is 0.938 bits per heavy atom. The minimum Gasteiger partial charge on any atom is -0.394 e. The van der Waals surface area contributed by atoms with Crippen LogP contribution in [0.1, 0.15) is 35.1 Å². The van der Waals surface area contributed by atoms with Gasteiger partial charge in [0.25, 0.3) is 5.91 Å². The molecule has 0 aliphatic carbocycles. The summed E-state index contributed by atoms with van der Waals surface area (Å²) in [5.41, 5.74) is 4.68. The summed E-state index contributed by atoms with van der Waals surface area (Å²) in [5.74, 6) is -1.74. The van der Waals surface area contributed by atoms with Crippen LogP contribution in [0.15, 0.2) is 104 Å². The van der Waals surface area contributed by atoms with Crippen molar-refractivity contribution in [3.05, 3.63) is 126 Å². The van der Waals surface area contributed by atoms with Crippen LogP contribution in [0, 0.1) is 25.7 Å². The Labute approximate surface area is 288 Å². The molecule has 6 atom stereocenters. The zero-order chi connectivity index (χ0) is 34.0. The largest absolute Gasteiger partial charge is 0.394 e. The Morgan fingerprint density at radius 3 is 2.17 bits per heavy atom. The van der Waals surface area contributed by atoms with Crippen LogP contribution in [0.2, 0.25) is 0 Å². The molecule has 3 heterocycles. The molecule has 48 heavy (non-hydrogen) atoms. The highest BCUT2D eigenvalue weighted by Gasteiger charge is 2.74. The lowest BCUT2D eigenvalue weighted by molar-refractivity contribution is -0.145. The van der Waals surface area contributed by atoms with E-state index >= 15 is 9.59 Å². The molecule has 250 valence electrons. The van der Waals surface area contributed by atoms with Gasteiger partial charge in [-0.25, -0.2) is 0 Å². The smallest absolute Gasteiger partial charge is 0.251 e. The van der Waals surface area contributed by atoms with E-state index in [9.17, 15) is 9.90 Å². The van der Waals surface area contributed by atoms with Crippen LogP contribution in [-0.4, -0.2) is 74.4 Å². The van der Waals surface area contributed by atoms with Crippen molar-refractivity contribution >= 4 is 35.2 Å². The number of para-hydroxylation sites is 1. The molecule has 2 bridgehead atoms. The molecule has 8 heteroatoms. The molecule has 1 spiro atoms. The summed E-state index contributed by atoms with van der Waals surface area (Å²) < 4.78 is -0.800. The molecule has 3 amide bonds. The predicted octanol–water partition coefficient (Wildman–Crippen LogP) is 5.73. The van der Waals surface area contributed by atoms with Crippen LogP contribution in [0.5, 0.6) is 0 Å². The third-order valence-corrected chi connectivity index (χ3v) is 12.3. The summed E-state index contributed by atoms with van der Waals surface area (Å²) in [6.07, 6.45) is 5.22. The van der Waals surface area contributed by atoms with Crippen molar-refractivity contribution in [3.8, 4) is 0 Å². The third kappa shape index (κ3) is 5.90. The molecular formula is C40H45N3O4S. The van der Waals surface area contributed by atoms with E-state index in [4.69, 9.17) is 0 Å². The van der Waals surface area contributed by atoms with Gasteiger partial charge in [-0.3, -0.25) is 14.4 Å². The fourth-order valence-electron chi connectivity index (χ4n) is 8.38. The van der Waals surface area contributed by atoms with Gasteiger partial charge >= 0.3 is 0 Å². The SMILES string of the molecule is C=CCN(Cc1ccccc1)C(=O)[C@@H]1[C@H]2C(=O)N([C@@H](CO)Cc3ccccc3)C(C(=O)N(CC=C)c3c(C)cccc3C)C23CC[C@H]1S3. The highest BCUT2D eigenvalue weighted by Crippen LogP contribution is 2.67. The van der Waals surface area contributed by atoms with Gasteiger partial charge in [0.15, 0.2) is 0 Å². The zero-order valence-corrected chi connectivity index (χ0v) is 28.6. The summed E-state index contributed by atoms with van der Waals surface area (Å²) >= 11 is 1.65. The lowest BCUT2D eigenvalue weighted by Gasteiger charge is -2.40. The number of aliphatic hydroxyl groups is 1. The number of fused-ring (bicyclic) bond motifs is 1. The number of carbonyl (C=O) groups excluding carboxylic acids is 3. The number of amides is 3. The Balaban J connectivity index is 1.44. The van der Waals surface area contributed by atoms with Gasteiger partial charge in [0, 0.05) is 30.6 Å². The van der Waals surface area contributed by atoms with Crippen molar-refractivity contribution in [1.82, 2.24) is 9.80 Å². The lowest BCUT2D eigenvalue weighted by Crippen LogP contribution is -2.58.